The maximum Gasteiger partial charge on any atom is 0.238 e. The number of rotatable bonds is 3. The molecule has 130 valence electrons. The highest BCUT2D eigenvalue weighted by molar-refractivity contribution is 5.83. The van der Waals surface area contributed by atoms with E-state index in [1.165, 1.54) is 0 Å². The highest BCUT2D eigenvalue weighted by Crippen LogP contribution is 2.21. The molecular formula is C16H29N5O2. The lowest BCUT2D eigenvalue weighted by molar-refractivity contribution is -0.133. The van der Waals surface area contributed by atoms with Crippen molar-refractivity contribution in [3.63, 3.8) is 0 Å². The molecule has 0 spiro atoms. The van der Waals surface area contributed by atoms with Crippen LogP contribution in [0.2, 0.25) is 0 Å². The molecule has 2 N–H and O–H groups in total. The number of likely N-dealkylation sites (N-methyl/N-ethyl adjacent to an activating group) is 2. The van der Waals surface area contributed by atoms with Crippen LogP contribution >= 0.6 is 0 Å². The van der Waals surface area contributed by atoms with Crippen LogP contribution in [0, 0.1) is 0 Å². The zero-order valence-electron chi connectivity index (χ0n) is 14.3. The van der Waals surface area contributed by atoms with Crippen molar-refractivity contribution in [2.24, 2.45) is 0 Å². The molecule has 0 radical (unpaired) electrons. The first-order valence-corrected chi connectivity index (χ1v) is 8.75. The fourth-order valence-electron chi connectivity index (χ4n) is 3.95. The number of fused-ring (bicyclic) bond motifs is 1. The van der Waals surface area contributed by atoms with Crippen molar-refractivity contribution in [3.05, 3.63) is 0 Å². The fourth-order valence-corrected chi connectivity index (χ4v) is 3.95. The van der Waals surface area contributed by atoms with E-state index in [0.29, 0.717) is 13.0 Å². The lowest BCUT2D eigenvalue weighted by atomic mass is 10.0. The SMILES string of the molecule is CN1CCN(C(=O)CCC2CNC(=O)C3NCCC3N2C)CC1. The second-order valence-electron chi connectivity index (χ2n) is 7.07. The molecule has 3 saturated heterocycles. The Kier molecular flexibility index (Phi) is 5.18. The van der Waals surface area contributed by atoms with Crippen LogP contribution in [0.3, 0.4) is 0 Å². The van der Waals surface area contributed by atoms with Crippen molar-refractivity contribution in [2.75, 3.05) is 53.4 Å². The maximum atomic E-state index is 12.4. The van der Waals surface area contributed by atoms with Gasteiger partial charge in [-0.25, -0.2) is 0 Å². The quantitative estimate of drug-likeness (QED) is 0.676. The van der Waals surface area contributed by atoms with Crippen LogP contribution in [0.15, 0.2) is 0 Å². The molecule has 2 amide bonds. The van der Waals surface area contributed by atoms with E-state index in [2.05, 4.69) is 34.5 Å². The van der Waals surface area contributed by atoms with Gasteiger partial charge in [0, 0.05) is 51.2 Å². The van der Waals surface area contributed by atoms with Crippen molar-refractivity contribution >= 4 is 11.8 Å². The average Bonchev–Trinajstić information content (AvgIpc) is 3.00. The lowest BCUT2D eigenvalue weighted by Crippen LogP contribution is -2.49. The van der Waals surface area contributed by atoms with Crippen molar-refractivity contribution < 1.29 is 9.59 Å². The van der Waals surface area contributed by atoms with Crippen molar-refractivity contribution in [1.82, 2.24) is 25.3 Å². The molecule has 3 unspecified atom stereocenters. The fraction of sp³-hybridized carbons (Fsp3) is 0.875. The van der Waals surface area contributed by atoms with E-state index in [1.807, 2.05) is 4.90 Å². The maximum absolute atomic E-state index is 12.4. The molecule has 3 aliphatic rings. The van der Waals surface area contributed by atoms with Crippen molar-refractivity contribution in [3.8, 4) is 0 Å². The second kappa shape index (κ2) is 7.15. The number of nitrogens with zero attached hydrogens (tertiary/aromatic N) is 3. The molecule has 3 atom stereocenters. The summed E-state index contributed by atoms with van der Waals surface area (Å²) in [6.07, 6.45) is 2.38. The minimum atomic E-state index is -0.0988. The highest BCUT2D eigenvalue weighted by Gasteiger charge is 2.40. The van der Waals surface area contributed by atoms with E-state index in [0.717, 1.165) is 45.6 Å². The van der Waals surface area contributed by atoms with Crippen molar-refractivity contribution in [2.45, 2.75) is 37.4 Å². The second-order valence-corrected chi connectivity index (χ2v) is 7.07. The Bertz CT molecular complexity index is 450. The molecule has 0 aliphatic carbocycles. The van der Waals surface area contributed by atoms with E-state index in [1.54, 1.807) is 0 Å². The van der Waals surface area contributed by atoms with Crippen LogP contribution in [-0.2, 0) is 9.59 Å². The Morgan fingerprint density at radius 2 is 1.96 bits per heavy atom. The summed E-state index contributed by atoms with van der Waals surface area (Å²) < 4.78 is 0. The monoisotopic (exact) mass is 323 g/mol. The zero-order chi connectivity index (χ0) is 16.4. The molecule has 3 rings (SSSR count). The average molecular weight is 323 g/mol. The van der Waals surface area contributed by atoms with Crippen LogP contribution in [0.4, 0.5) is 0 Å². The van der Waals surface area contributed by atoms with Gasteiger partial charge in [0.25, 0.3) is 0 Å². The summed E-state index contributed by atoms with van der Waals surface area (Å²) in [5.41, 5.74) is 0. The Morgan fingerprint density at radius 1 is 1.22 bits per heavy atom. The standard InChI is InChI=1S/C16H29N5O2/c1-19-7-9-21(10-8-19)14(22)4-3-12-11-18-16(23)15-13(20(12)2)5-6-17-15/h12-13,15,17H,3-11H2,1-2H3,(H,18,23). The highest BCUT2D eigenvalue weighted by atomic mass is 16.2. The third kappa shape index (κ3) is 3.67. The number of piperazine rings is 1. The molecule has 7 nitrogen and oxygen atoms in total. The third-order valence-corrected chi connectivity index (χ3v) is 5.63. The van der Waals surface area contributed by atoms with Gasteiger partial charge in [0.1, 0.15) is 6.04 Å². The lowest BCUT2D eigenvalue weighted by Gasteiger charge is -2.34. The van der Waals surface area contributed by atoms with Gasteiger partial charge in [-0.15, -0.1) is 0 Å². The summed E-state index contributed by atoms with van der Waals surface area (Å²) in [4.78, 5) is 31.1. The van der Waals surface area contributed by atoms with Gasteiger partial charge in [0.2, 0.25) is 11.8 Å². The van der Waals surface area contributed by atoms with Crippen LogP contribution in [0.25, 0.3) is 0 Å². The Labute approximate surface area is 138 Å². The van der Waals surface area contributed by atoms with Crippen molar-refractivity contribution in [1.29, 1.82) is 0 Å². The van der Waals surface area contributed by atoms with E-state index < -0.39 is 0 Å². The summed E-state index contributed by atoms with van der Waals surface area (Å²) in [6.45, 7) is 5.11. The predicted molar refractivity (Wildman–Crippen MR) is 88.1 cm³/mol. The van der Waals surface area contributed by atoms with Gasteiger partial charge >= 0.3 is 0 Å². The number of hydrogen-bond donors (Lipinski definition) is 2. The van der Waals surface area contributed by atoms with Crippen LogP contribution in [0.1, 0.15) is 19.3 Å². The summed E-state index contributed by atoms with van der Waals surface area (Å²) in [7, 11) is 4.19. The van der Waals surface area contributed by atoms with E-state index in [9.17, 15) is 9.59 Å². The van der Waals surface area contributed by atoms with Crippen LogP contribution in [0.5, 0.6) is 0 Å². The normalized spacial score (nSPS) is 33.2. The number of carbonyl (C=O) groups is 2. The van der Waals surface area contributed by atoms with Gasteiger partial charge in [-0.2, -0.15) is 0 Å². The minimum absolute atomic E-state index is 0.0988. The summed E-state index contributed by atoms with van der Waals surface area (Å²) in [5.74, 6) is 0.357. The number of nitrogens with one attached hydrogen (secondary N) is 2. The summed E-state index contributed by atoms with van der Waals surface area (Å²) in [6, 6.07) is 0.393. The molecule has 7 heteroatoms. The van der Waals surface area contributed by atoms with Crippen LogP contribution in [-0.4, -0.2) is 98.0 Å². The van der Waals surface area contributed by atoms with Gasteiger partial charge in [-0.3, -0.25) is 14.5 Å². The summed E-state index contributed by atoms with van der Waals surface area (Å²) in [5, 5.41) is 6.32. The molecular weight excluding hydrogens is 294 g/mol. The molecule has 0 aromatic heterocycles. The molecule has 3 aliphatic heterocycles. The van der Waals surface area contributed by atoms with Gasteiger partial charge in [-0.05, 0) is 33.5 Å². The Hall–Kier alpha value is -1.18. The number of carbonyl (C=O) groups excluding carboxylic acids is 2. The van der Waals surface area contributed by atoms with E-state index >= 15 is 0 Å². The molecule has 3 fully saturated rings. The van der Waals surface area contributed by atoms with Gasteiger partial charge in [0.15, 0.2) is 0 Å². The Morgan fingerprint density at radius 3 is 2.70 bits per heavy atom. The molecule has 0 aromatic rings. The van der Waals surface area contributed by atoms with E-state index in [-0.39, 0.29) is 29.9 Å². The molecule has 0 bridgehead atoms. The summed E-state index contributed by atoms with van der Waals surface area (Å²) >= 11 is 0. The molecule has 23 heavy (non-hydrogen) atoms. The largest absolute Gasteiger partial charge is 0.353 e. The third-order valence-electron chi connectivity index (χ3n) is 5.63. The number of amides is 2. The van der Waals surface area contributed by atoms with Gasteiger partial charge in [-0.1, -0.05) is 0 Å². The molecule has 0 saturated carbocycles. The first-order valence-electron chi connectivity index (χ1n) is 8.75. The molecule has 0 aromatic carbocycles. The first kappa shape index (κ1) is 16.7. The zero-order valence-corrected chi connectivity index (χ0v) is 14.3. The van der Waals surface area contributed by atoms with Gasteiger partial charge < -0.3 is 20.4 Å². The first-order chi connectivity index (χ1) is 11.1. The van der Waals surface area contributed by atoms with E-state index in [4.69, 9.17) is 0 Å². The van der Waals surface area contributed by atoms with Crippen LogP contribution < -0.4 is 10.6 Å². The topological polar surface area (TPSA) is 67.9 Å². The molecule has 3 heterocycles. The Balaban J connectivity index is 1.53. The predicted octanol–water partition coefficient (Wildman–Crippen LogP) is -1.30. The van der Waals surface area contributed by atoms with Gasteiger partial charge in [0.05, 0.1) is 0 Å². The smallest absolute Gasteiger partial charge is 0.238 e. The minimum Gasteiger partial charge on any atom is -0.353 e. The number of hydrogen-bond acceptors (Lipinski definition) is 5.